The maximum Gasteiger partial charge on any atom is 0.407 e. The molecule has 0 bridgehead atoms. The van der Waals surface area contributed by atoms with Crippen LogP contribution < -0.4 is 5.32 Å². The predicted molar refractivity (Wildman–Crippen MR) is 132 cm³/mol. The Kier molecular flexibility index (Phi) is 12.3. The summed E-state index contributed by atoms with van der Waals surface area (Å²) in [6.07, 6.45) is 3.43. The second kappa shape index (κ2) is 13.8. The quantitative estimate of drug-likeness (QED) is 0.306. The van der Waals surface area contributed by atoms with Gasteiger partial charge in [-0.25, -0.2) is 4.79 Å². The lowest BCUT2D eigenvalue weighted by Gasteiger charge is -2.38. The summed E-state index contributed by atoms with van der Waals surface area (Å²) in [4.78, 5) is 51.7. The molecule has 1 heterocycles. The van der Waals surface area contributed by atoms with Crippen molar-refractivity contribution in [2.45, 2.75) is 112 Å². The van der Waals surface area contributed by atoms with Gasteiger partial charge in [-0.1, -0.05) is 54.4 Å². The molecule has 0 aromatic carbocycles. The molecule has 1 aliphatic rings. The molecule has 7 atom stereocenters. The first kappa shape index (κ1) is 30.1. The van der Waals surface area contributed by atoms with Crippen molar-refractivity contribution in [1.82, 2.24) is 5.32 Å². The highest BCUT2D eigenvalue weighted by Crippen LogP contribution is 2.33. The van der Waals surface area contributed by atoms with Crippen LogP contribution in [0.15, 0.2) is 0 Å². The largest absolute Gasteiger partial charge is 0.458 e. The van der Waals surface area contributed by atoms with E-state index in [2.05, 4.69) is 12.2 Å². The van der Waals surface area contributed by atoms with Crippen LogP contribution in [0.2, 0.25) is 0 Å². The smallest absolute Gasteiger partial charge is 0.407 e. The van der Waals surface area contributed by atoms with E-state index in [-0.39, 0.29) is 41.7 Å². The highest BCUT2D eigenvalue weighted by molar-refractivity contribution is 5.99. The number of Topliss-reactive ketones (excluding diaryl/α,β-unsaturated/α-hetero) is 2. The molecule has 0 radical (unpaired) electrons. The van der Waals surface area contributed by atoms with Gasteiger partial charge in [0.2, 0.25) is 0 Å². The van der Waals surface area contributed by atoms with Gasteiger partial charge in [-0.3, -0.25) is 14.4 Å². The van der Waals surface area contributed by atoms with Gasteiger partial charge in [0, 0.05) is 30.7 Å². The number of carbonyl (C=O) groups excluding carboxylic acids is 4. The van der Waals surface area contributed by atoms with E-state index in [4.69, 9.17) is 9.47 Å². The molecule has 3 unspecified atom stereocenters. The monoisotopic (exact) mass is 481 g/mol. The first-order valence-corrected chi connectivity index (χ1v) is 13.1. The van der Waals surface area contributed by atoms with E-state index in [1.165, 1.54) is 0 Å². The van der Waals surface area contributed by atoms with E-state index in [0.29, 0.717) is 25.8 Å². The Hall–Kier alpha value is -1.92. The predicted octanol–water partition coefficient (Wildman–Crippen LogP) is 5.49. The number of ether oxygens (including phenoxy) is 2. The zero-order valence-corrected chi connectivity index (χ0v) is 22.6. The zero-order valence-electron chi connectivity index (χ0n) is 22.6. The number of amides is 1. The molecular weight excluding hydrogens is 434 g/mol. The molecule has 1 aliphatic heterocycles. The number of cyclic esters (lactones) is 1. The van der Waals surface area contributed by atoms with Gasteiger partial charge in [0.15, 0.2) is 0 Å². The number of nitrogens with one attached hydrogen (secondary N) is 1. The third-order valence-electron chi connectivity index (χ3n) is 7.15. The Morgan fingerprint density at radius 3 is 2.12 bits per heavy atom. The first-order chi connectivity index (χ1) is 15.9. The summed E-state index contributed by atoms with van der Waals surface area (Å²) in [5, 5.41) is 2.77. The summed E-state index contributed by atoms with van der Waals surface area (Å²) in [5.74, 6) is -2.28. The van der Waals surface area contributed by atoms with Crippen LogP contribution in [-0.4, -0.2) is 41.9 Å². The maximum atomic E-state index is 13.2. The molecule has 1 fully saturated rings. The SMILES string of the molecule is CCCCCNC(=O)O[C@@]1(C)C[C@@H](C)C(=O)[C@H](C)C[C@H](C)CC(C)C(=O)C(C)C(=O)OC1CC. The number of unbranched alkanes of at least 4 members (excludes halogenated alkanes) is 2. The van der Waals surface area contributed by atoms with Crippen LogP contribution in [0.1, 0.15) is 100 Å². The molecule has 1 N–H and O–H groups in total. The van der Waals surface area contributed by atoms with Crippen LogP contribution in [0.4, 0.5) is 4.79 Å². The lowest BCUT2D eigenvalue weighted by atomic mass is 9.78. The van der Waals surface area contributed by atoms with Crippen LogP contribution in [0.3, 0.4) is 0 Å². The third kappa shape index (κ3) is 8.70. The molecule has 0 aromatic rings. The minimum atomic E-state index is -1.21. The Morgan fingerprint density at radius 2 is 1.56 bits per heavy atom. The molecule has 7 nitrogen and oxygen atoms in total. The molecular formula is C27H47NO6. The molecule has 0 aliphatic carbocycles. The van der Waals surface area contributed by atoms with Crippen molar-refractivity contribution in [2.75, 3.05) is 6.54 Å². The van der Waals surface area contributed by atoms with E-state index in [1.807, 2.05) is 34.6 Å². The van der Waals surface area contributed by atoms with Crippen molar-refractivity contribution in [1.29, 1.82) is 0 Å². The summed E-state index contributed by atoms with van der Waals surface area (Å²) in [5.41, 5.74) is -1.21. The summed E-state index contributed by atoms with van der Waals surface area (Å²) < 4.78 is 11.7. The number of alkyl carbamates (subject to hydrolysis) is 1. The van der Waals surface area contributed by atoms with Crippen molar-refractivity contribution in [3.63, 3.8) is 0 Å². The second-order valence-corrected chi connectivity index (χ2v) is 10.7. The van der Waals surface area contributed by atoms with Crippen LogP contribution in [0.25, 0.3) is 0 Å². The summed E-state index contributed by atoms with van der Waals surface area (Å²) >= 11 is 0. The van der Waals surface area contributed by atoms with Crippen molar-refractivity contribution in [2.24, 2.45) is 29.6 Å². The molecule has 0 aromatic heterocycles. The number of hydrogen-bond acceptors (Lipinski definition) is 6. The van der Waals surface area contributed by atoms with Crippen LogP contribution in [0.5, 0.6) is 0 Å². The van der Waals surface area contributed by atoms with Crippen LogP contribution in [-0.2, 0) is 23.9 Å². The fourth-order valence-electron chi connectivity index (χ4n) is 5.21. The molecule has 34 heavy (non-hydrogen) atoms. The standard InChI is InChI=1S/C27H47NO6/c1-9-11-12-13-28-26(32)34-27(8)16-20(6)23(29)18(4)14-17(3)15-19(5)24(30)21(7)25(31)33-22(27)10-2/h17-22H,9-16H2,1-8H3,(H,28,32)/t17-,18+,19?,20+,21?,22?,27-/m0/s1. The van der Waals surface area contributed by atoms with Crippen molar-refractivity contribution in [3.05, 3.63) is 0 Å². The van der Waals surface area contributed by atoms with Crippen LogP contribution in [0, 0.1) is 29.6 Å². The van der Waals surface area contributed by atoms with Gasteiger partial charge in [0.25, 0.3) is 0 Å². The number of ketones is 2. The fourth-order valence-corrected chi connectivity index (χ4v) is 5.21. The summed E-state index contributed by atoms with van der Waals surface area (Å²) in [6.45, 7) is 15.4. The highest BCUT2D eigenvalue weighted by atomic mass is 16.6. The van der Waals surface area contributed by atoms with Crippen molar-refractivity contribution < 1.29 is 28.7 Å². The normalized spacial score (nSPS) is 34.2. The van der Waals surface area contributed by atoms with Crippen molar-refractivity contribution in [3.8, 4) is 0 Å². The number of esters is 1. The van der Waals surface area contributed by atoms with Gasteiger partial charge < -0.3 is 14.8 Å². The Bertz CT molecular complexity index is 707. The molecule has 7 heteroatoms. The van der Waals surface area contributed by atoms with E-state index < -0.39 is 29.7 Å². The fraction of sp³-hybridized carbons (Fsp3) is 0.852. The number of rotatable bonds is 6. The molecule has 1 rings (SSSR count). The van der Waals surface area contributed by atoms with Gasteiger partial charge in [-0.15, -0.1) is 0 Å². The van der Waals surface area contributed by atoms with Crippen LogP contribution >= 0.6 is 0 Å². The van der Waals surface area contributed by atoms with E-state index in [0.717, 1.165) is 19.3 Å². The third-order valence-corrected chi connectivity index (χ3v) is 7.15. The van der Waals surface area contributed by atoms with Gasteiger partial charge in [0.05, 0.1) is 0 Å². The van der Waals surface area contributed by atoms with Crippen molar-refractivity contribution >= 4 is 23.6 Å². The minimum absolute atomic E-state index is 0.0932. The zero-order chi connectivity index (χ0) is 26.1. The van der Waals surface area contributed by atoms with E-state index >= 15 is 0 Å². The Balaban J connectivity index is 3.25. The molecule has 1 saturated heterocycles. The first-order valence-electron chi connectivity index (χ1n) is 13.1. The second-order valence-electron chi connectivity index (χ2n) is 10.7. The maximum absolute atomic E-state index is 13.2. The molecule has 1 amide bonds. The molecule has 0 saturated carbocycles. The Labute approximate surface area is 206 Å². The van der Waals surface area contributed by atoms with E-state index in [1.54, 1.807) is 13.8 Å². The lowest BCUT2D eigenvalue weighted by Crippen LogP contribution is -2.50. The summed E-state index contributed by atoms with van der Waals surface area (Å²) in [6, 6.07) is 0. The molecule has 196 valence electrons. The lowest BCUT2D eigenvalue weighted by molar-refractivity contribution is -0.172. The highest BCUT2D eigenvalue weighted by Gasteiger charge is 2.44. The number of carbonyl (C=O) groups is 4. The van der Waals surface area contributed by atoms with Gasteiger partial charge >= 0.3 is 12.1 Å². The molecule has 0 spiro atoms. The Morgan fingerprint density at radius 1 is 0.971 bits per heavy atom. The topological polar surface area (TPSA) is 98.8 Å². The number of hydrogen-bond donors (Lipinski definition) is 1. The average Bonchev–Trinajstić information content (AvgIpc) is 2.77. The average molecular weight is 482 g/mol. The van der Waals surface area contributed by atoms with E-state index in [9.17, 15) is 19.2 Å². The van der Waals surface area contributed by atoms with Gasteiger partial charge in [-0.2, -0.15) is 0 Å². The van der Waals surface area contributed by atoms with Gasteiger partial charge in [0.1, 0.15) is 29.2 Å². The van der Waals surface area contributed by atoms with Gasteiger partial charge in [-0.05, 0) is 45.4 Å². The summed E-state index contributed by atoms with van der Waals surface area (Å²) in [7, 11) is 0. The minimum Gasteiger partial charge on any atom is -0.458 e.